The topological polar surface area (TPSA) is 0 Å². The monoisotopic (exact) mass is 386 g/mol. The summed E-state index contributed by atoms with van der Waals surface area (Å²) < 4.78 is 0.300. The van der Waals surface area contributed by atoms with E-state index in [2.05, 4.69) is 43.4 Å². The second kappa shape index (κ2) is 4.97. The van der Waals surface area contributed by atoms with Gasteiger partial charge in [0.05, 0.1) is 0 Å². The molecule has 0 amide bonds. The van der Waals surface area contributed by atoms with Crippen molar-refractivity contribution in [3.8, 4) is 0 Å². The molecule has 0 nitrogen and oxygen atoms in total. The SMILES string of the molecule is CC[C]([Hf][Cl])(C1=CC=CC1)C1=CC=CC1. The zero-order valence-corrected chi connectivity index (χ0v) is 13.3. The Bertz CT molecular complexity index is 325. The fourth-order valence-corrected chi connectivity index (χ4v) is 8.14. The summed E-state index contributed by atoms with van der Waals surface area (Å²) >= 11 is -1.09. The van der Waals surface area contributed by atoms with E-state index in [4.69, 9.17) is 8.58 Å². The molecule has 2 aliphatic carbocycles. The molecule has 0 aromatic rings. The average Bonchev–Trinajstić information content (AvgIpc) is 2.92. The van der Waals surface area contributed by atoms with E-state index in [-0.39, 0.29) is 0 Å². The molecule has 0 radical (unpaired) electrons. The fraction of sp³-hybridized carbons (Fsp3) is 0.385. The Hall–Kier alpha value is 0.120. The van der Waals surface area contributed by atoms with E-state index in [1.807, 2.05) is 0 Å². The molecule has 0 unspecified atom stereocenters. The first-order chi connectivity index (χ1) is 7.33. The Morgan fingerprint density at radius 3 is 2.00 bits per heavy atom. The van der Waals surface area contributed by atoms with Gasteiger partial charge in [-0.05, 0) is 0 Å². The van der Waals surface area contributed by atoms with E-state index in [1.54, 1.807) is 11.1 Å². The first kappa shape index (κ1) is 11.6. The van der Waals surface area contributed by atoms with E-state index >= 15 is 0 Å². The Balaban J connectivity index is 2.31. The van der Waals surface area contributed by atoms with E-state index in [1.165, 1.54) is 6.42 Å². The Morgan fingerprint density at radius 1 is 1.20 bits per heavy atom. The van der Waals surface area contributed by atoms with E-state index < -0.39 is 21.7 Å². The third kappa shape index (κ3) is 2.01. The van der Waals surface area contributed by atoms with Crippen molar-refractivity contribution in [2.24, 2.45) is 0 Å². The standard InChI is InChI=1S/C13H15.ClH.Hf/c1-2-13(11-7-3-4-8-11)12-9-5-6-10-12;;/h3-7,9H,2,8,10H2,1H3;1H;/q;;+1/p-1. The van der Waals surface area contributed by atoms with Gasteiger partial charge in [0.25, 0.3) is 0 Å². The Morgan fingerprint density at radius 2 is 1.73 bits per heavy atom. The first-order valence-corrected chi connectivity index (χ1v) is 11.7. The van der Waals surface area contributed by atoms with Crippen LogP contribution in [-0.2, 0) is 21.7 Å². The van der Waals surface area contributed by atoms with Gasteiger partial charge in [-0.1, -0.05) is 0 Å². The predicted molar refractivity (Wildman–Crippen MR) is 62.5 cm³/mol. The van der Waals surface area contributed by atoms with Gasteiger partial charge in [0.15, 0.2) is 0 Å². The second-order valence-electron chi connectivity index (χ2n) is 4.00. The number of hydrogen-bond donors (Lipinski definition) is 0. The molecule has 0 aromatic carbocycles. The normalized spacial score (nSPS) is 19.3. The van der Waals surface area contributed by atoms with Gasteiger partial charge in [0.1, 0.15) is 0 Å². The van der Waals surface area contributed by atoms with Crippen molar-refractivity contribution in [3.05, 3.63) is 47.6 Å². The van der Waals surface area contributed by atoms with Crippen molar-refractivity contribution in [1.29, 1.82) is 0 Å². The van der Waals surface area contributed by atoms with Crippen LogP contribution in [-0.4, -0.2) is 0 Å². The summed E-state index contributed by atoms with van der Waals surface area (Å²) in [4.78, 5) is 0. The van der Waals surface area contributed by atoms with Gasteiger partial charge < -0.3 is 0 Å². The third-order valence-electron chi connectivity index (χ3n) is 3.33. The molecule has 0 aliphatic heterocycles. The van der Waals surface area contributed by atoms with Crippen LogP contribution in [0.2, 0.25) is 3.17 Å². The van der Waals surface area contributed by atoms with Crippen LogP contribution in [0.1, 0.15) is 26.2 Å². The number of rotatable bonds is 4. The summed E-state index contributed by atoms with van der Waals surface area (Å²) in [5, 5.41) is 0. The minimum atomic E-state index is -1.09. The van der Waals surface area contributed by atoms with Crippen LogP contribution in [0.4, 0.5) is 0 Å². The summed E-state index contributed by atoms with van der Waals surface area (Å²) in [5.41, 5.74) is 3.14. The quantitative estimate of drug-likeness (QED) is 0.623. The molecule has 0 aromatic heterocycles. The van der Waals surface area contributed by atoms with Crippen molar-refractivity contribution in [3.63, 3.8) is 0 Å². The molecule has 2 rings (SSSR count). The van der Waals surface area contributed by atoms with Crippen LogP contribution in [0.25, 0.3) is 0 Å². The van der Waals surface area contributed by atoms with E-state index in [0.29, 0.717) is 3.17 Å². The zero-order chi connectivity index (χ0) is 10.7. The molecule has 0 saturated carbocycles. The molecule has 0 atom stereocenters. The third-order valence-corrected chi connectivity index (χ3v) is 10.7. The minimum absolute atomic E-state index is 0.300. The summed E-state index contributed by atoms with van der Waals surface area (Å²) in [6.45, 7) is 2.29. The van der Waals surface area contributed by atoms with Gasteiger partial charge in [-0.3, -0.25) is 0 Å². The number of hydrogen-bond acceptors (Lipinski definition) is 0. The van der Waals surface area contributed by atoms with Gasteiger partial charge >= 0.3 is 107 Å². The first-order valence-electron chi connectivity index (χ1n) is 5.43. The molecule has 0 spiro atoms. The molecular formula is C13H15ClHf. The van der Waals surface area contributed by atoms with Crippen LogP contribution < -0.4 is 0 Å². The van der Waals surface area contributed by atoms with Crippen molar-refractivity contribution in [2.45, 2.75) is 29.4 Å². The van der Waals surface area contributed by atoms with Gasteiger partial charge in [-0.2, -0.15) is 0 Å². The van der Waals surface area contributed by atoms with Gasteiger partial charge in [0.2, 0.25) is 0 Å². The van der Waals surface area contributed by atoms with E-state index in [9.17, 15) is 0 Å². The molecule has 0 heterocycles. The average molecular weight is 385 g/mol. The summed E-state index contributed by atoms with van der Waals surface area (Å²) in [5.74, 6) is 0. The molecule has 0 fully saturated rings. The maximum absolute atomic E-state index is 6.44. The molecule has 2 heteroatoms. The van der Waals surface area contributed by atoms with Crippen molar-refractivity contribution < 1.29 is 21.7 Å². The van der Waals surface area contributed by atoms with E-state index in [0.717, 1.165) is 12.8 Å². The molecule has 0 bridgehead atoms. The molecular weight excluding hydrogens is 370 g/mol. The summed E-state index contributed by atoms with van der Waals surface area (Å²) in [6, 6.07) is 0. The number of allylic oxidation sites excluding steroid dienone is 8. The Labute approximate surface area is 107 Å². The van der Waals surface area contributed by atoms with Crippen molar-refractivity contribution in [1.82, 2.24) is 0 Å². The van der Waals surface area contributed by atoms with Crippen LogP contribution in [0, 0.1) is 0 Å². The van der Waals surface area contributed by atoms with Crippen molar-refractivity contribution >= 4 is 8.58 Å². The molecule has 78 valence electrons. The fourth-order valence-electron chi connectivity index (χ4n) is 2.38. The van der Waals surface area contributed by atoms with Crippen LogP contribution in [0.15, 0.2) is 47.6 Å². The molecule has 0 saturated heterocycles. The summed E-state index contributed by atoms with van der Waals surface area (Å²) in [7, 11) is 6.44. The number of halogens is 1. The van der Waals surface area contributed by atoms with Gasteiger partial charge in [-0.15, -0.1) is 0 Å². The van der Waals surface area contributed by atoms with Crippen molar-refractivity contribution in [2.75, 3.05) is 0 Å². The van der Waals surface area contributed by atoms with Gasteiger partial charge in [-0.25, -0.2) is 0 Å². The predicted octanol–water partition coefficient (Wildman–Crippen LogP) is 4.56. The molecule has 0 N–H and O–H groups in total. The molecule has 15 heavy (non-hydrogen) atoms. The van der Waals surface area contributed by atoms with Gasteiger partial charge in [0, 0.05) is 0 Å². The zero-order valence-electron chi connectivity index (χ0n) is 8.96. The second-order valence-corrected chi connectivity index (χ2v) is 9.29. The Kier molecular flexibility index (Phi) is 3.84. The molecule has 2 aliphatic rings. The summed E-state index contributed by atoms with van der Waals surface area (Å²) in [6.07, 6.45) is 16.8. The van der Waals surface area contributed by atoms with Crippen LogP contribution in [0.5, 0.6) is 0 Å². The van der Waals surface area contributed by atoms with Crippen LogP contribution in [0.3, 0.4) is 0 Å². The maximum atomic E-state index is 6.44. The van der Waals surface area contributed by atoms with Crippen LogP contribution >= 0.6 is 8.58 Å².